The van der Waals surface area contributed by atoms with Gasteiger partial charge in [-0.25, -0.2) is 0 Å². The molecule has 1 N–H and O–H groups in total. The summed E-state index contributed by atoms with van der Waals surface area (Å²) >= 11 is 4.50. The Balaban J connectivity index is 2.50. The number of carbonyl (C=O) groups excluding carboxylic acids is 1. The van der Waals surface area contributed by atoms with Crippen molar-refractivity contribution in [3.05, 3.63) is 11.1 Å². The third-order valence-corrected chi connectivity index (χ3v) is 2.89. The molecule has 1 amide bonds. The van der Waals surface area contributed by atoms with Gasteiger partial charge in [-0.3, -0.25) is 4.79 Å². The molecule has 1 atom stereocenters. The van der Waals surface area contributed by atoms with Crippen LogP contribution in [0.3, 0.4) is 0 Å². The van der Waals surface area contributed by atoms with Crippen molar-refractivity contribution in [3.63, 3.8) is 0 Å². The summed E-state index contributed by atoms with van der Waals surface area (Å²) in [4.78, 5) is 11.4. The molecule has 1 unspecified atom stereocenters. The molecule has 6 heteroatoms. The van der Waals surface area contributed by atoms with E-state index in [4.69, 9.17) is 0 Å². The van der Waals surface area contributed by atoms with Crippen LogP contribution in [-0.2, 0) is 0 Å². The number of halogens is 1. The maximum absolute atomic E-state index is 11.4. The third kappa shape index (κ3) is 3.04. The van der Waals surface area contributed by atoms with Gasteiger partial charge in [0.2, 0.25) is 0 Å². The lowest BCUT2D eigenvalue weighted by Crippen LogP contribution is -2.35. The van der Waals surface area contributed by atoms with E-state index in [0.29, 0.717) is 5.69 Å². The molecule has 0 spiro atoms. The first kappa shape index (κ1) is 10.6. The van der Waals surface area contributed by atoms with Crippen molar-refractivity contribution < 1.29 is 4.79 Å². The van der Waals surface area contributed by atoms with Crippen LogP contribution in [0.15, 0.2) is 5.38 Å². The van der Waals surface area contributed by atoms with Crippen LogP contribution < -0.4 is 5.32 Å². The normalized spacial score (nSPS) is 12.5. The SMILES string of the molecule is CCC(CBr)NC(=O)c1csnn1. The lowest BCUT2D eigenvalue weighted by Gasteiger charge is -2.11. The van der Waals surface area contributed by atoms with Crippen LogP contribution in [0, 0.1) is 0 Å². The average molecular weight is 264 g/mol. The highest BCUT2D eigenvalue weighted by Crippen LogP contribution is 2.00. The molecule has 0 aliphatic rings. The van der Waals surface area contributed by atoms with Crippen molar-refractivity contribution >= 4 is 33.4 Å². The molecule has 1 aromatic heterocycles. The van der Waals surface area contributed by atoms with Gasteiger partial charge in [0, 0.05) is 16.8 Å². The van der Waals surface area contributed by atoms with Gasteiger partial charge in [0.25, 0.3) is 5.91 Å². The number of nitrogens with one attached hydrogen (secondary N) is 1. The Bertz CT molecular complexity index is 261. The number of hydrogen-bond donors (Lipinski definition) is 1. The van der Waals surface area contributed by atoms with Crippen molar-refractivity contribution in [2.45, 2.75) is 19.4 Å². The minimum absolute atomic E-state index is 0.153. The van der Waals surface area contributed by atoms with Crippen LogP contribution in [0.4, 0.5) is 0 Å². The molecule has 0 aliphatic carbocycles. The van der Waals surface area contributed by atoms with Gasteiger partial charge in [0.05, 0.1) is 0 Å². The van der Waals surface area contributed by atoms with Gasteiger partial charge in [-0.15, -0.1) is 5.10 Å². The first-order chi connectivity index (χ1) is 6.27. The molecule has 4 nitrogen and oxygen atoms in total. The van der Waals surface area contributed by atoms with Gasteiger partial charge < -0.3 is 5.32 Å². The highest BCUT2D eigenvalue weighted by molar-refractivity contribution is 9.09. The van der Waals surface area contributed by atoms with Gasteiger partial charge in [-0.05, 0) is 18.0 Å². The van der Waals surface area contributed by atoms with E-state index in [1.807, 2.05) is 6.92 Å². The van der Waals surface area contributed by atoms with Gasteiger partial charge in [-0.2, -0.15) is 0 Å². The Kier molecular flexibility index (Phi) is 4.31. The lowest BCUT2D eigenvalue weighted by molar-refractivity contribution is 0.0935. The summed E-state index contributed by atoms with van der Waals surface area (Å²) in [6.07, 6.45) is 0.897. The predicted molar refractivity (Wildman–Crippen MR) is 55.2 cm³/mol. The molecule has 0 fully saturated rings. The fourth-order valence-corrected chi connectivity index (χ4v) is 1.83. The Morgan fingerprint density at radius 2 is 2.62 bits per heavy atom. The molecule has 1 rings (SSSR count). The van der Waals surface area contributed by atoms with E-state index < -0.39 is 0 Å². The molecule has 0 aliphatic heterocycles. The third-order valence-electron chi connectivity index (χ3n) is 1.61. The highest BCUT2D eigenvalue weighted by atomic mass is 79.9. The summed E-state index contributed by atoms with van der Waals surface area (Å²) in [6, 6.07) is 0.161. The molecular formula is C7H10BrN3OS. The van der Waals surface area contributed by atoms with Crippen molar-refractivity contribution in [1.29, 1.82) is 0 Å². The fraction of sp³-hybridized carbons (Fsp3) is 0.571. The molecule has 0 bridgehead atoms. The second-order valence-corrected chi connectivity index (χ2v) is 3.78. The van der Waals surface area contributed by atoms with Gasteiger partial charge in [0.15, 0.2) is 5.69 Å². The molecule has 72 valence electrons. The lowest BCUT2D eigenvalue weighted by atomic mass is 10.2. The Labute approximate surface area is 89.0 Å². The predicted octanol–water partition coefficient (Wildman–Crippen LogP) is 1.44. The minimum Gasteiger partial charge on any atom is -0.347 e. The number of aromatic nitrogens is 2. The molecule has 0 saturated carbocycles. The van der Waals surface area contributed by atoms with E-state index in [0.717, 1.165) is 11.8 Å². The number of hydrogen-bond acceptors (Lipinski definition) is 4. The first-order valence-corrected chi connectivity index (χ1v) is 5.87. The zero-order valence-electron chi connectivity index (χ0n) is 7.16. The van der Waals surface area contributed by atoms with E-state index in [1.54, 1.807) is 5.38 Å². The van der Waals surface area contributed by atoms with Gasteiger partial charge >= 0.3 is 0 Å². The zero-order chi connectivity index (χ0) is 9.68. The molecule has 13 heavy (non-hydrogen) atoms. The molecule has 1 heterocycles. The summed E-state index contributed by atoms with van der Waals surface area (Å²) in [7, 11) is 0. The summed E-state index contributed by atoms with van der Waals surface area (Å²) in [5.74, 6) is -0.153. The van der Waals surface area contributed by atoms with Crippen molar-refractivity contribution in [1.82, 2.24) is 14.9 Å². The molecule has 0 radical (unpaired) electrons. The molecular weight excluding hydrogens is 254 g/mol. The smallest absolute Gasteiger partial charge is 0.272 e. The van der Waals surface area contributed by atoms with Crippen LogP contribution in [0.1, 0.15) is 23.8 Å². The highest BCUT2D eigenvalue weighted by Gasteiger charge is 2.12. The Hall–Kier alpha value is -0.490. The number of rotatable bonds is 4. The summed E-state index contributed by atoms with van der Waals surface area (Å²) in [6.45, 7) is 2.02. The quantitative estimate of drug-likeness (QED) is 0.837. The molecule has 0 aromatic carbocycles. The van der Waals surface area contributed by atoms with E-state index in [9.17, 15) is 4.79 Å². The second kappa shape index (κ2) is 5.29. The van der Waals surface area contributed by atoms with Crippen LogP contribution in [0.5, 0.6) is 0 Å². The second-order valence-electron chi connectivity index (χ2n) is 2.52. The molecule has 0 saturated heterocycles. The molecule has 1 aromatic rings. The van der Waals surface area contributed by atoms with Crippen LogP contribution in [0.2, 0.25) is 0 Å². The first-order valence-electron chi connectivity index (χ1n) is 3.91. The van der Waals surface area contributed by atoms with Crippen LogP contribution >= 0.6 is 27.5 Å². The van der Waals surface area contributed by atoms with Crippen molar-refractivity contribution in [3.8, 4) is 0 Å². The van der Waals surface area contributed by atoms with E-state index in [-0.39, 0.29) is 11.9 Å². The van der Waals surface area contributed by atoms with Crippen LogP contribution in [0.25, 0.3) is 0 Å². The van der Waals surface area contributed by atoms with Crippen molar-refractivity contribution in [2.24, 2.45) is 0 Å². The monoisotopic (exact) mass is 263 g/mol. The van der Waals surface area contributed by atoms with Gasteiger partial charge in [-0.1, -0.05) is 27.3 Å². The summed E-state index contributed by atoms with van der Waals surface area (Å²) < 4.78 is 3.62. The fourth-order valence-electron chi connectivity index (χ4n) is 0.773. The van der Waals surface area contributed by atoms with E-state index in [1.165, 1.54) is 11.5 Å². The largest absolute Gasteiger partial charge is 0.347 e. The maximum atomic E-state index is 11.4. The standard InChI is InChI=1S/C7H10BrN3OS/c1-2-5(3-8)9-7(12)6-4-13-11-10-6/h4-5H,2-3H2,1H3,(H,9,12). The summed E-state index contributed by atoms with van der Waals surface area (Å²) in [5.41, 5.74) is 0.393. The van der Waals surface area contributed by atoms with E-state index in [2.05, 4.69) is 30.8 Å². The Morgan fingerprint density at radius 3 is 3.08 bits per heavy atom. The van der Waals surface area contributed by atoms with Crippen molar-refractivity contribution in [2.75, 3.05) is 5.33 Å². The summed E-state index contributed by atoms with van der Waals surface area (Å²) in [5, 5.41) is 8.91. The number of amides is 1. The number of alkyl halides is 1. The average Bonchev–Trinajstić information content (AvgIpc) is 2.66. The van der Waals surface area contributed by atoms with Crippen LogP contribution in [-0.4, -0.2) is 26.9 Å². The minimum atomic E-state index is -0.153. The zero-order valence-corrected chi connectivity index (χ0v) is 9.56. The topological polar surface area (TPSA) is 54.9 Å². The van der Waals surface area contributed by atoms with E-state index >= 15 is 0 Å². The number of carbonyl (C=O) groups is 1. The number of nitrogens with zero attached hydrogens (tertiary/aromatic N) is 2. The maximum Gasteiger partial charge on any atom is 0.272 e. The Morgan fingerprint density at radius 1 is 1.85 bits per heavy atom. The van der Waals surface area contributed by atoms with Gasteiger partial charge in [0.1, 0.15) is 0 Å².